The van der Waals surface area contributed by atoms with E-state index in [0.29, 0.717) is 27.2 Å². The maximum atomic E-state index is 11.9. The van der Waals surface area contributed by atoms with Gasteiger partial charge in [-0.3, -0.25) is 4.79 Å². The molecule has 1 aromatic carbocycles. The first-order chi connectivity index (χ1) is 10.9. The van der Waals surface area contributed by atoms with E-state index in [1.165, 1.54) is 17.4 Å². The number of aromatic carboxylic acids is 1. The van der Waals surface area contributed by atoms with Crippen LogP contribution in [0.25, 0.3) is 0 Å². The highest BCUT2D eigenvalue weighted by atomic mass is 35.5. The third-order valence-corrected chi connectivity index (χ3v) is 4.59. The van der Waals surface area contributed by atoms with Crippen molar-refractivity contribution in [3.05, 3.63) is 44.8 Å². The first kappa shape index (κ1) is 17.6. The number of benzene rings is 1. The number of ether oxygens (including phenoxy) is 1. The zero-order valence-corrected chi connectivity index (χ0v) is 14.4. The van der Waals surface area contributed by atoms with Crippen LogP contribution in [-0.4, -0.2) is 23.6 Å². The van der Waals surface area contributed by atoms with Gasteiger partial charge < -0.3 is 15.2 Å². The van der Waals surface area contributed by atoms with Crippen molar-refractivity contribution in [3.63, 3.8) is 0 Å². The topological polar surface area (TPSA) is 75.6 Å². The summed E-state index contributed by atoms with van der Waals surface area (Å²) in [7, 11) is 0. The number of hydrogen-bond acceptors (Lipinski definition) is 4. The Balaban J connectivity index is 2.02. The summed E-state index contributed by atoms with van der Waals surface area (Å²) in [6.07, 6.45) is 0.692. The van der Waals surface area contributed by atoms with Crippen molar-refractivity contribution in [2.75, 3.05) is 11.9 Å². The number of carbonyl (C=O) groups excluding carboxylic acids is 1. The summed E-state index contributed by atoms with van der Waals surface area (Å²) in [5, 5.41) is 12.8. The van der Waals surface area contributed by atoms with Gasteiger partial charge in [-0.2, -0.15) is 0 Å². The standard InChI is InChI=1S/C15H13Cl2NO4S/c1-2-9-6-10(15(20)21)14(23-9)18-13(19)7-22-12-4-3-8(16)5-11(12)17/h3-6H,2,7H2,1H3,(H,18,19)(H,20,21). The third-order valence-electron chi connectivity index (χ3n) is 2.87. The molecule has 0 atom stereocenters. The van der Waals surface area contributed by atoms with Gasteiger partial charge in [-0.05, 0) is 30.7 Å². The number of carboxylic acids is 1. The van der Waals surface area contributed by atoms with Crippen molar-refractivity contribution >= 4 is 51.4 Å². The molecule has 0 aliphatic heterocycles. The van der Waals surface area contributed by atoms with Crippen molar-refractivity contribution in [2.45, 2.75) is 13.3 Å². The largest absolute Gasteiger partial charge is 0.482 e. The first-order valence-corrected chi connectivity index (χ1v) is 8.21. The van der Waals surface area contributed by atoms with Crippen LogP contribution in [0.4, 0.5) is 5.00 Å². The molecule has 2 aromatic rings. The number of hydrogen-bond donors (Lipinski definition) is 2. The number of amides is 1. The summed E-state index contributed by atoms with van der Waals surface area (Å²) in [6, 6.07) is 6.21. The maximum absolute atomic E-state index is 11.9. The normalized spacial score (nSPS) is 10.4. The molecule has 0 aliphatic carbocycles. The molecule has 8 heteroatoms. The lowest BCUT2D eigenvalue weighted by molar-refractivity contribution is -0.118. The highest BCUT2D eigenvalue weighted by molar-refractivity contribution is 7.16. The van der Waals surface area contributed by atoms with Crippen LogP contribution in [0.3, 0.4) is 0 Å². The fourth-order valence-corrected chi connectivity index (χ4v) is 3.23. The van der Waals surface area contributed by atoms with Crippen LogP contribution in [0.2, 0.25) is 10.0 Å². The van der Waals surface area contributed by atoms with Crippen LogP contribution >= 0.6 is 34.5 Å². The quantitative estimate of drug-likeness (QED) is 0.789. The van der Waals surface area contributed by atoms with Gasteiger partial charge in [0, 0.05) is 9.90 Å². The van der Waals surface area contributed by atoms with E-state index in [2.05, 4.69) is 5.32 Å². The fourth-order valence-electron chi connectivity index (χ4n) is 1.77. The van der Waals surface area contributed by atoms with Crippen molar-refractivity contribution in [1.82, 2.24) is 0 Å². The summed E-state index contributed by atoms with van der Waals surface area (Å²) in [5.74, 6) is -1.23. The minimum Gasteiger partial charge on any atom is -0.482 e. The Labute approximate surface area is 146 Å². The highest BCUT2D eigenvalue weighted by Gasteiger charge is 2.17. The minimum atomic E-state index is -1.09. The highest BCUT2D eigenvalue weighted by Crippen LogP contribution is 2.29. The van der Waals surface area contributed by atoms with E-state index in [0.717, 1.165) is 4.88 Å². The van der Waals surface area contributed by atoms with E-state index in [1.807, 2.05) is 6.92 Å². The smallest absolute Gasteiger partial charge is 0.338 e. The molecular formula is C15H13Cl2NO4S. The van der Waals surface area contributed by atoms with Crippen LogP contribution < -0.4 is 10.1 Å². The average molecular weight is 374 g/mol. The van der Waals surface area contributed by atoms with Gasteiger partial charge in [-0.15, -0.1) is 11.3 Å². The molecule has 2 N–H and O–H groups in total. The lowest BCUT2D eigenvalue weighted by Crippen LogP contribution is -2.20. The van der Waals surface area contributed by atoms with E-state index in [4.69, 9.17) is 33.0 Å². The second-order valence-corrected chi connectivity index (χ2v) is 6.51. The van der Waals surface area contributed by atoms with Crippen LogP contribution in [0.5, 0.6) is 5.75 Å². The Morgan fingerprint density at radius 1 is 1.30 bits per heavy atom. The Kier molecular flexibility index (Phi) is 5.87. The molecule has 1 amide bonds. The molecular weight excluding hydrogens is 361 g/mol. The number of halogens is 2. The van der Waals surface area contributed by atoms with Crippen LogP contribution in [-0.2, 0) is 11.2 Å². The van der Waals surface area contributed by atoms with Gasteiger partial charge in [0.2, 0.25) is 0 Å². The zero-order chi connectivity index (χ0) is 17.0. The average Bonchev–Trinajstić information content (AvgIpc) is 2.89. The summed E-state index contributed by atoms with van der Waals surface area (Å²) >= 11 is 13.0. The second-order valence-electron chi connectivity index (χ2n) is 4.53. The molecule has 5 nitrogen and oxygen atoms in total. The van der Waals surface area contributed by atoms with Crippen molar-refractivity contribution < 1.29 is 19.4 Å². The van der Waals surface area contributed by atoms with Gasteiger partial charge in [0.25, 0.3) is 5.91 Å². The van der Waals surface area contributed by atoms with E-state index in [9.17, 15) is 9.59 Å². The number of carbonyl (C=O) groups is 2. The van der Waals surface area contributed by atoms with Gasteiger partial charge in [-0.1, -0.05) is 30.1 Å². The molecule has 0 bridgehead atoms. The van der Waals surface area contributed by atoms with Gasteiger partial charge in [0.15, 0.2) is 6.61 Å². The number of aryl methyl sites for hydroxylation is 1. The van der Waals surface area contributed by atoms with Crippen molar-refractivity contribution in [1.29, 1.82) is 0 Å². The van der Waals surface area contributed by atoms with Gasteiger partial charge >= 0.3 is 5.97 Å². The summed E-state index contributed by atoms with van der Waals surface area (Å²) in [6.45, 7) is 1.62. The van der Waals surface area contributed by atoms with Crippen molar-refractivity contribution in [2.24, 2.45) is 0 Å². The minimum absolute atomic E-state index is 0.0738. The summed E-state index contributed by atoms with van der Waals surface area (Å²) in [5.41, 5.74) is 0.0738. The molecule has 2 rings (SSSR count). The van der Waals surface area contributed by atoms with Gasteiger partial charge in [0.1, 0.15) is 10.8 Å². The molecule has 0 saturated heterocycles. The summed E-state index contributed by atoms with van der Waals surface area (Å²) in [4.78, 5) is 24.0. The van der Waals surface area contributed by atoms with E-state index in [1.54, 1.807) is 18.2 Å². The fraction of sp³-hybridized carbons (Fsp3) is 0.200. The van der Waals surface area contributed by atoms with E-state index in [-0.39, 0.29) is 12.2 Å². The number of nitrogens with one attached hydrogen (secondary N) is 1. The number of carboxylic acid groups (broad SMARTS) is 1. The predicted molar refractivity (Wildman–Crippen MR) is 91.2 cm³/mol. The van der Waals surface area contributed by atoms with Crippen LogP contribution in [0.15, 0.2) is 24.3 Å². The lowest BCUT2D eigenvalue weighted by Gasteiger charge is -2.08. The van der Waals surface area contributed by atoms with Gasteiger partial charge in [0.05, 0.1) is 10.6 Å². The molecule has 0 radical (unpaired) electrons. The summed E-state index contributed by atoms with van der Waals surface area (Å²) < 4.78 is 5.31. The Bertz CT molecular complexity index is 745. The first-order valence-electron chi connectivity index (χ1n) is 6.64. The monoisotopic (exact) mass is 373 g/mol. The molecule has 0 unspecified atom stereocenters. The Hall–Kier alpha value is -1.76. The van der Waals surface area contributed by atoms with Crippen molar-refractivity contribution in [3.8, 4) is 5.75 Å². The second kappa shape index (κ2) is 7.68. The zero-order valence-electron chi connectivity index (χ0n) is 12.1. The molecule has 23 heavy (non-hydrogen) atoms. The number of thiophene rings is 1. The number of anilines is 1. The maximum Gasteiger partial charge on any atom is 0.338 e. The molecule has 0 aliphatic rings. The van der Waals surface area contributed by atoms with Crippen LogP contribution in [0.1, 0.15) is 22.2 Å². The predicted octanol–water partition coefficient (Wildman–Crippen LogP) is 4.33. The Morgan fingerprint density at radius 2 is 2.04 bits per heavy atom. The Morgan fingerprint density at radius 3 is 2.65 bits per heavy atom. The third kappa shape index (κ3) is 4.60. The van der Waals surface area contributed by atoms with Crippen LogP contribution in [0, 0.1) is 0 Å². The molecule has 1 heterocycles. The SMILES string of the molecule is CCc1cc(C(=O)O)c(NC(=O)COc2ccc(Cl)cc2Cl)s1. The molecule has 0 spiro atoms. The van der Waals surface area contributed by atoms with E-state index >= 15 is 0 Å². The lowest BCUT2D eigenvalue weighted by atomic mass is 10.2. The van der Waals surface area contributed by atoms with Gasteiger partial charge in [-0.25, -0.2) is 4.79 Å². The molecule has 1 aromatic heterocycles. The molecule has 122 valence electrons. The number of rotatable bonds is 6. The van der Waals surface area contributed by atoms with E-state index < -0.39 is 11.9 Å². The molecule has 0 fully saturated rings. The molecule has 0 saturated carbocycles.